The Balaban J connectivity index is 2.30. The second-order valence-corrected chi connectivity index (χ2v) is 5.92. The molecule has 4 N–H and O–H groups in total. The Morgan fingerprint density at radius 2 is 1.90 bits per heavy atom. The minimum Gasteiger partial charge on any atom is -0.368 e. The Morgan fingerprint density at radius 1 is 1.25 bits per heavy atom. The van der Waals surface area contributed by atoms with Gasteiger partial charge in [0.05, 0.1) is 5.56 Å². The molecule has 2 rings (SSSR count). The van der Waals surface area contributed by atoms with E-state index in [0.29, 0.717) is 5.56 Å². The summed E-state index contributed by atoms with van der Waals surface area (Å²) in [7, 11) is 0. The van der Waals surface area contributed by atoms with Gasteiger partial charge < -0.3 is 16.0 Å². The first-order valence-corrected chi connectivity index (χ1v) is 6.47. The van der Waals surface area contributed by atoms with Crippen LogP contribution < -0.4 is 11.1 Å². The maximum absolute atomic E-state index is 12.3. The van der Waals surface area contributed by atoms with Crippen molar-refractivity contribution in [3.8, 4) is 0 Å². The average molecular weight is 273 g/mol. The standard InChI is InChI=1S/C15H19N3O2/c1-15(2,3)12(13(16)19)18-14(20)10-8-17-11-7-5-4-6-9(10)11/h4-8,12,17H,1-3H3,(H2,16,19)(H,18,20)/t12-/m1/s1. The van der Waals surface area contributed by atoms with Crippen molar-refractivity contribution in [2.75, 3.05) is 0 Å². The molecule has 0 aliphatic rings. The van der Waals surface area contributed by atoms with Crippen LogP contribution in [0.3, 0.4) is 0 Å². The fourth-order valence-electron chi connectivity index (χ4n) is 2.18. The number of carbonyl (C=O) groups is 2. The fourth-order valence-corrected chi connectivity index (χ4v) is 2.18. The van der Waals surface area contributed by atoms with Crippen LogP contribution in [0, 0.1) is 5.41 Å². The van der Waals surface area contributed by atoms with Crippen LogP contribution in [0.25, 0.3) is 10.9 Å². The van der Waals surface area contributed by atoms with Crippen LogP contribution in [-0.4, -0.2) is 22.8 Å². The van der Waals surface area contributed by atoms with Crippen LogP contribution in [0.2, 0.25) is 0 Å². The molecule has 0 aliphatic heterocycles. The average Bonchev–Trinajstić information content (AvgIpc) is 2.77. The zero-order valence-electron chi connectivity index (χ0n) is 11.9. The molecule has 0 spiro atoms. The highest BCUT2D eigenvalue weighted by molar-refractivity contribution is 6.07. The second kappa shape index (κ2) is 5.00. The third-order valence-electron chi connectivity index (χ3n) is 3.26. The van der Waals surface area contributed by atoms with Gasteiger partial charge in [-0.05, 0) is 11.5 Å². The Morgan fingerprint density at radius 3 is 2.50 bits per heavy atom. The number of nitrogens with two attached hydrogens (primary N) is 1. The molecule has 0 saturated carbocycles. The maximum Gasteiger partial charge on any atom is 0.254 e. The van der Waals surface area contributed by atoms with Gasteiger partial charge in [-0.1, -0.05) is 39.0 Å². The van der Waals surface area contributed by atoms with Gasteiger partial charge in [0.1, 0.15) is 6.04 Å². The number of benzene rings is 1. The van der Waals surface area contributed by atoms with Crippen molar-refractivity contribution < 1.29 is 9.59 Å². The van der Waals surface area contributed by atoms with Crippen LogP contribution >= 0.6 is 0 Å². The molecule has 1 aromatic carbocycles. The molecule has 5 nitrogen and oxygen atoms in total. The number of H-pyrrole nitrogens is 1. The summed E-state index contributed by atoms with van der Waals surface area (Å²) < 4.78 is 0. The van der Waals surface area contributed by atoms with Gasteiger partial charge in [-0.3, -0.25) is 9.59 Å². The molecule has 0 aliphatic carbocycles. The zero-order chi connectivity index (χ0) is 14.9. The van der Waals surface area contributed by atoms with Gasteiger partial charge in [0.15, 0.2) is 0 Å². The fraction of sp³-hybridized carbons (Fsp3) is 0.333. The summed E-state index contributed by atoms with van der Waals surface area (Å²) in [6.45, 7) is 5.58. The van der Waals surface area contributed by atoms with Crippen molar-refractivity contribution in [3.05, 3.63) is 36.0 Å². The number of para-hydroxylation sites is 1. The lowest BCUT2D eigenvalue weighted by Crippen LogP contribution is -2.51. The van der Waals surface area contributed by atoms with Gasteiger partial charge in [-0.2, -0.15) is 0 Å². The van der Waals surface area contributed by atoms with Crippen LogP contribution in [0.4, 0.5) is 0 Å². The molecule has 5 heteroatoms. The smallest absolute Gasteiger partial charge is 0.254 e. The van der Waals surface area contributed by atoms with E-state index in [-0.39, 0.29) is 5.91 Å². The summed E-state index contributed by atoms with van der Waals surface area (Å²) in [6.07, 6.45) is 1.64. The van der Waals surface area contributed by atoms with Crippen LogP contribution in [0.5, 0.6) is 0 Å². The predicted octanol–water partition coefficient (Wildman–Crippen LogP) is 1.80. The molecule has 106 valence electrons. The number of aromatic amines is 1. The van der Waals surface area contributed by atoms with E-state index >= 15 is 0 Å². The minimum absolute atomic E-state index is 0.304. The molecule has 0 saturated heterocycles. The molecule has 1 heterocycles. The van der Waals surface area contributed by atoms with E-state index in [1.54, 1.807) is 6.20 Å². The lowest BCUT2D eigenvalue weighted by atomic mass is 9.86. The second-order valence-electron chi connectivity index (χ2n) is 5.92. The molecule has 0 unspecified atom stereocenters. The number of fused-ring (bicyclic) bond motifs is 1. The van der Waals surface area contributed by atoms with Crippen molar-refractivity contribution in [2.24, 2.45) is 11.1 Å². The lowest BCUT2D eigenvalue weighted by molar-refractivity contribution is -0.122. The van der Waals surface area contributed by atoms with Crippen LogP contribution in [0.15, 0.2) is 30.5 Å². The third kappa shape index (κ3) is 2.66. The van der Waals surface area contributed by atoms with Crippen molar-refractivity contribution in [2.45, 2.75) is 26.8 Å². The first-order valence-electron chi connectivity index (χ1n) is 6.47. The molecule has 1 atom stereocenters. The number of amides is 2. The SMILES string of the molecule is CC(C)(C)[C@H](NC(=O)c1c[nH]c2ccccc12)C(N)=O. The van der Waals surface area contributed by atoms with Gasteiger partial charge in [0.2, 0.25) is 5.91 Å². The quantitative estimate of drug-likeness (QED) is 0.796. The highest BCUT2D eigenvalue weighted by atomic mass is 16.2. The number of primary amides is 1. The lowest BCUT2D eigenvalue weighted by Gasteiger charge is -2.28. The number of hydrogen-bond acceptors (Lipinski definition) is 2. The first-order chi connectivity index (χ1) is 9.30. The minimum atomic E-state index is -0.719. The molecule has 0 radical (unpaired) electrons. The van der Waals surface area contributed by atoms with Crippen molar-refractivity contribution in [1.82, 2.24) is 10.3 Å². The summed E-state index contributed by atoms with van der Waals surface area (Å²) in [5, 5.41) is 3.54. The van der Waals surface area contributed by atoms with E-state index in [1.165, 1.54) is 0 Å². The summed E-state index contributed by atoms with van der Waals surface area (Å²) in [4.78, 5) is 26.9. The Kier molecular flexibility index (Phi) is 3.53. The number of carbonyl (C=O) groups excluding carboxylic acids is 2. The summed E-state index contributed by atoms with van der Waals surface area (Å²) in [6, 6.07) is 6.78. The van der Waals surface area contributed by atoms with Gasteiger partial charge in [-0.25, -0.2) is 0 Å². The Bertz CT molecular complexity index is 652. The molecule has 20 heavy (non-hydrogen) atoms. The Labute approximate surface area is 117 Å². The number of rotatable bonds is 3. The topological polar surface area (TPSA) is 88.0 Å². The van der Waals surface area contributed by atoms with E-state index in [1.807, 2.05) is 45.0 Å². The normalized spacial score (nSPS) is 13.2. The molecule has 1 aromatic heterocycles. The number of aromatic nitrogens is 1. The molecule has 2 aromatic rings. The molecular weight excluding hydrogens is 254 g/mol. The summed E-state index contributed by atoms with van der Waals surface area (Å²) in [5.41, 5.74) is 6.33. The van der Waals surface area contributed by atoms with Crippen LogP contribution in [-0.2, 0) is 4.79 Å². The molecular formula is C15H19N3O2. The van der Waals surface area contributed by atoms with Crippen molar-refractivity contribution in [3.63, 3.8) is 0 Å². The number of hydrogen-bond donors (Lipinski definition) is 3. The predicted molar refractivity (Wildman–Crippen MR) is 78.2 cm³/mol. The summed E-state index contributed by atoms with van der Waals surface area (Å²) >= 11 is 0. The molecule has 0 fully saturated rings. The van der Waals surface area contributed by atoms with E-state index in [2.05, 4.69) is 10.3 Å². The largest absolute Gasteiger partial charge is 0.368 e. The summed E-state index contributed by atoms with van der Waals surface area (Å²) in [5.74, 6) is -0.841. The van der Waals surface area contributed by atoms with E-state index in [4.69, 9.17) is 5.73 Å². The highest BCUT2D eigenvalue weighted by Gasteiger charge is 2.31. The highest BCUT2D eigenvalue weighted by Crippen LogP contribution is 2.21. The van der Waals surface area contributed by atoms with Crippen molar-refractivity contribution >= 4 is 22.7 Å². The third-order valence-corrected chi connectivity index (χ3v) is 3.26. The van der Waals surface area contributed by atoms with Gasteiger partial charge in [0.25, 0.3) is 5.91 Å². The number of nitrogens with one attached hydrogen (secondary N) is 2. The maximum atomic E-state index is 12.3. The van der Waals surface area contributed by atoms with Crippen LogP contribution in [0.1, 0.15) is 31.1 Å². The monoisotopic (exact) mass is 273 g/mol. The molecule has 0 bridgehead atoms. The van der Waals surface area contributed by atoms with Gasteiger partial charge in [0, 0.05) is 17.1 Å². The molecule has 2 amide bonds. The zero-order valence-corrected chi connectivity index (χ0v) is 11.9. The van der Waals surface area contributed by atoms with E-state index < -0.39 is 17.4 Å². The first kappa shape index (κ1) is 14.1. The Hall–Kier alpha value is -2.30. The van der Waals surface area contributed by atoms with Crippen molar-refractivity contribution in [1.29, 1.82) is 0 Å². The van der Waals surface area contributed by atoms with E-state index in [9.17, 15) is 9.59 Å². The van der Waals surface area contributed by atoms with E-state index in [0.717, 1.165) is 10.9 Å². The van der Waals surface area contributed by atoms with Gasteiger partial charge >= 0.3 is 0 Å². The van der Waals surface area contributed by atoms with Gasteiger partial charge in [-0.15, -0.1) is 0 Å².